The molecule has 3 rings (SSSR count). The van der Waals surface area contributed by atoms with E-state index in [0.29, 0.717) is 16.4 Å². The number of benzene rings is 1. The molecule has 0 aliphatic rings. The molecule has 96 valence electrons. The number of thiophene rings is 1. The summed E-state index contributed by atoms with van der Waals surface area (Å²) >= 11 is 10.9. The first kappa shape index (κ1) is 12.7. The van der Waals surface area contributed by atoms with Gasteiger partial charge in [0, 0.05) is 9.85 Å². The molecule has 0 atom stereocenters. The van der Waals surface area contributed by atoms with Crippen LogP contribution in [0, 0.1) is 0 Å². The van der Waals surface area contributed by atoms with Gasteiger partial charge in [0.1, 0.15) is 5.75 Å². The molecule has 0 saturated heterocycles. The van der Waals surface area contributed by atoms with Gasteiger partial charge in [0.05, 0.1) is 15.5 Å². The molecule has 0 aliphatic heterocycles. The van der Waals surface area contributed by atoms with Crippen LogP contribution in [0.15, 0.2) is 38.6 Å². The van der Waals surface area contributed by atoms with Crippen molar-refractivity contribution in [3.05, 3.63) is 39.1 Å². The zero-order valence-corrected chi connectivity index (χ0v) is 12.5. The normalized spacial score (nSPS) is 10.8. The van der Waals surface area contributed by atoms with Gasteiger partial charge in [-0.25, -0.2) is 0 Å². The molecule has 2 aromatic heterocycles. The van der Waals surface area contributed by atoms with Crippen LogP contribution in [0.5, 0.6) is 5.75 Å². The number of rotatable bonds is 2. The highest BCUT2D eigenvalue weighted by atomic mass is 79.9. The Kier molecular flexibility index (Phi) is 3.30. The molecule has 0 radical (unpaired) electrons. The monoisotopic (exact) mass is 356 g/mol. The van der Waals surface area contributed by atoms with Crippen molar-refractivity contribution in [2.24, 2.45) is 0 Å². The third kappa shape index (κ3) is 2.51. The zero-order chi connectivity index (χ0) is 13.4. The Morgan fingerprint density at radius 3 is 2.89 bits per heavy atom. The van der Waals surface area contributed by atoms with Gasteiger partial charge in [-0.3, -0.25) is 0 Å². The van der Waals surface area contributed by atoms with Crippen LogP contribution < -0.4 is 0 Å². The number of aromatic nitrogens is 2. The summed E-state index contributed by atoms with van der Waals surface area (Å²) in [4.78, 5) is 5.17. The van der Waals surface area contributed by atoms with Crippen molar-refractivity contribution in [1.29, 1.82) is 0 Å². The Balaban J connectivity index is 2.03. The summed E-state index contributed by atoms with van der Waals surface area (Å²) in [7, 11) is 0. The molecule has 3 aromatic rings. The zero-order valence-electron chi connectivity index (χ0n) is 9.30. The van der Waals surface area contributed by atoms with Crippen molar-refractivity contribution >= 4 is 38.9 Å². The molecule has 0 aliphatic carbocycles. The summed E-state index contributed by atoms with van der Waals surface area (Å²) in [5.74, 6) is 0.864. The second kappa shape index (κ2) is 4.96. The smallest absolute Gasteiger partial charge is 0.259 e. The van der Waals surface area contributed by atoms with E-state index in [0.717, 1.165) is 9.35 Å². The van der Waals surface area contributed by atoms with Crippen LogP contribution in [-0.4, -0.2) is 15.2 Å². The molecular weight excluding hydrogens is 352 g/mol. The molecule has 19 heavy (non-hydrogen) atoms. The van der Waals surface area contributed by atoms with E-state index in [1.165, 1.54) is 23.5 Å². The lowest BCUT2D eigenvalue weighted by molar-refractivity contribution is 0.431. The standard InChI is InChI=1S/C12H6BrClN2O2S/c13-6-3-10(19-5-6)11-15-12(18-16-11)8-4-7(17)1-2-9(8)14/h1-5,17H. The Morgan fingerprint density at radius 1 is 1.32 bits per heavy atom. The van der Waals surface area contributed by atoms with E-state index < -0.39 is 0 Å². The molecule has 0 bridgehead atoms. The summed E-state index contributed by atoms with van der Waals surface area (Å²) in [5.41, 5.74) is 0.510. The van der Waals surface area contributed by atoms with Crippen molar-refractivity contribution in [1.82, 2.24) is 10.1 Å². The molecule has 0 unspecified atom stereocenters. The highest BCUT2D eigenvalue weighted by Crippen LogP contribution is 2.33. The van der Waals surface area contributed by atoms with Crippen molar-refractivity contribution < 1.29 is 9.63 Å². The lowest BCUT2D eigenvalue weighted by atomic mass is 10.2. The maximum Gasteiger partial charge on any atom is 0.259 e. The average Bonchev–Trinajstić information content (AvgIpc) is 3.00. The maximum absolute atomic E-state index is 9.47. The largest absolute Gasteiger partial charge is 0.508 e. The summed E-state index contributed by atoms with van der Waals surface area (Å²) in [5, 5.41) is 15.8. The Hall–Kier alpha value is -1.37. The van der Waals surface area contributed by atoms with Gasteiger partial charge in [-0.1, -0.05) is 16.8 Å². The first-order valence-electron chi connectivity index (χ1n) is 5.20. The highest BCUT2D eigenvalue weighted by molar-refractivity contribution is 9.10. The quantitative estimate of drug-likeness (QED) is 0.729. The second-order valence-corrected chi connectivity index (χ2v) is 5.95. The molecule has 7 heteroatoms. The van der Waals surface area contributed by atoms with Gasteiger partial charge in [-0.05, 0) is 40.2 Å². The third-order valence-corrected chi connectivity index (χ3v) is 4.41. The number of hydrogen-bond acceptors (Lipinski definition) is 5. The van der Waals surface area contributed by atoms with Crippen LogP contribution in [0.3, 0.4) is 0 Å². The fourth-order valence-corrected chi connectivity index (χ4v) is 3.09. The lowest BCUT2D eigenvalue weighted by Crippen LogP contribution is -1.80. The minimum atomic E-state index is 0.0954. The van der Waals surface area contributed by atoms with Gasteiger partial charge in [0.25, 0.3) is 5.89 Å². The van der Waals surface area contributed by atoms with E-state index >= 15 is 0 Å². The predicted octanol–water partition coefficient (Wildman–Crippen LogP) is 4.59. The first-order valence-corrected chi connectivity index (χ1v) is 7.25. The van der Waals surface area contributed by atoms with Gasteiger partial charge in [0.15, 0.2) is 0 Å². The van der Waals surface area contributed by atoms with Gasteiger partial charge in [0.2, 0.25) is 5.82 Å². The summed E-state index contributed by atoms with van der Waals surface area (Å²) in [6, 6.07) is 6.48. The van der Waals surface area contributed by atoms with Crippen LogP contribution >= 0.6 is 38.9 Å². The summed E-state index contributed by atoms with van der Waals surface area (Å²) in [6.07, 6.45) is 0. The molecule has 4 nitrogen and oxygen atoms in total. The van der Waals surface area contributed by atoms with E-state index in [9.17, 15) is 5.11 Å². The maximum atomic E-state index is 9.47. The molecule has 0 saturated carbocycles. The molecule has 2 heterocycles. The van der Waals surface area contributed by atoms with E-state index in [1.807, 2.05) is 11.4 Å². The minimum Gasteiger partial charge on any atom is -0.508 e. The van der Waals surface area contributed by atoms with Crippen LogP contribution in [0.1, 0.15) is 0 Å². The van der Waals surface area contributed by atoms with Crippen LogP contribution in [0.25, 0.3) is 22.2 Å². The molecule has 1 aromatic carbocycles. The fourth-order valence-electron chi connectivity index (χ4n) is 1.54. The lowest BCUT2D eigenvalue weighted by Gasteiger charge is -1.98. The molecule has 0 fully saturated rings. The number of phenolic OH excluding ortho intramolecular Hbond substituents is 1. The second-order valence-electron chi connectivity index (χ2n) is 3.72. The van der Waals surface area contributed by atoms with E-state index in [2.05, 4.69) is 26.1 Å². The molecular formula is C12H6BrClN2O2S. The predicted molar refractivity (Wildman–Crippen MR) is 77.4 cm³/mol. The number of aromatic hydroxyl groups is 1. The number of phenols is 1. The van der Waals surface area contributed by atoms with E-state index in [4.69, 9.17) is 16.1 Å². The Morgan fingerprint density at radius 2 is 2.16 bits per heavy atom. The molecule has 1 N–H and O–H groups in total. The van der Waals surface area contributed by atoms with E-state index in [1.54, 1.807) is 6.07 Å². The van der Waals surface area contributed by atoms with E-state index in [-0.39, 0.29) is 11.6 Å². The fraction of sp³-hybridized carbons (Fsp3) is 0. The van der Waals surface area contributed by atoms with Crippen molar-refractivity contribution in [3.63, 3.8) is 0 Å². The summed E-state index contributed by atoms with van der Waals surface area (Å²) in [6.45, 7) is 0. The van der Waals surface area contributed by atoms with Gasteiger partial charge in [-0.2, -0.15) is 4.98 Å². The first-order chi connectivity index (χ1) is 9.13. The van der Waals surface area contributed by atoms with Gasteiger partial charge in [-0.15, -0.1) is 11.3 Å². The van der Waals surface area contributed by atoms with Crippen molar-refractivity contribution in [3.8, 4) is 27.9 Å². The Bertz CT molecular complexity index is 741. The highest BCUT2D eigenvalue weighted by Gasteiger charge is 2.15. The minimum absolute atomic E-state index is 0.0954. The SMILES string of the molecule is Oc1ccc(Cl)c(-c2nc(-c3cc(Br)cs3)no2)c1. The van der Waals surface area contributed by atoms with Crippen LogP contribution in [0.4, 0.5) is 0 Å². The third-order valence-electron chi connectivity index (χ3n) is 2.39. The van der Waals surface area contributed by atoms with Crippen molar-refractivity contribution in [2.45, 2.75) is 0 Å². The van der Waals surface area contributed by atoms with Gasteiger partial charge >= 0.3 is 0 Å². The molecule has 0 amide bonds. The number of halogens is 2. The van der Waals surface area contributed by atoms with Crippen LogP contribution in [-0.2, 0) is 0 Å². The Labute approximate surface area is 125 Å². The van der Waals surface area contributed by atoms with Crippen LogP contribution in [0.2, 0.25) is 5.02 Å². The topological polar surface area (TPSA) is 59.2 Å². The molecule has 0 spiro atoms. The number of hydrogen-bond donors (Lipinski definition) is 1. The van der Waals surface area contributed by atoms with Gasteiger partial charge < -0.3 is 9.63 Å². The van der Waals surface area contributed by atoms with Crippen molar-refractivity contribution in [2.75, 3.05) is 0 Å². The average molecular weight is 358 g/mol. The summed E-state index contributed by atoms with van der Waals surface area (Å²) < 4.78 is 6.15. The number of nitrogens with zero attached hydrogens (tertiary/aromatic N) is 2.